The number of hydrogen-bond acceptors (Lipinski definition) is 2. The lowest BCUT2D eigenvalue weighted by Gasteiger charge is -2.20. The molecule has 0 saturated heterocycles. The van der Waals surface area contributed by atoms with Crippen LogP contribution in [0.2, 0.25) is 0 Å². The minimum Gasteiger partial charge on any atom is -0.310 e. The van der Waals surface area contributed by atoms with Gasteiger partial charge in [-0.3, -0.25) is 9.59 Å². The van der Waals surface area contributed by atoms with Crippen molar-refractivity contribution in [2.45, 2.75) is 12.8 Å². The number of fused-ring (bicyclic) bond motifs is 6. The van der Waals surface area contributed by atoms with E-state index >= 15 is 0 Å². The molecule has 340 valence electrons. The summed E-state index contributed by atoms with van der Waals surface area (Å²) in [6.45, 7) is 0. The first-order chi connectivity index (χ1) is 35.6. The van der Waals surface area contributed by atoms with Crippen molar-refractivity contribution in [3.05, 3.63) is 282 Å². The first-order valence-electron chi connectivity index (χ1n) is 24.6. The maximum atomic E-state index is 14.1. The Morgan fingerprint density at radius 1 is 0.333 bits per heavy atom. The standard InChI is InChI=1S/C68H46N2O2/c71-67(47-17-3-1-4-18-47)51-23-15-21-49(41-51)61-43-60(46-35-39-54(40-36-46)70-65-31-13-9-27-57(65)58-28-10-14-32-66(58)70)62(50-22-16-24-52(42-50)68(72)48-19-5-2-6-20-48)44-59(61)45-33-37-53(38-34-45)69-63-29-11-7-25-55(63)56-26-8-12-30-64(56)69/h1-9,11-27,29-44H,10,28H2. The van der Waals surface area contributed by atoms with Gasteiger partial charge in [0.25, 0.3) is 0 Å². The molecule has 0 N–H and O–H groups in total. The molecule has 1 aliphatic rings. The summed E-state index contributed by atoms with van der Waals surface area (Å²) in [5.41, 5.74) is 18.7. The van der Waals surface area contributed by atoms with Crippen molar-refractivity contribution in [2.24, 2.45) is 0 Å². The van der Waals surface area contributed by atoms with Crippen molar-refractivity contribution in [1.82, 2.24) is 9.13 Å². The van der Waals surface area contributed by atoms with Crippen LogP contribution in [0.1, 0.15) is 49.5 Å². The van der Waals surface area contributed by atoms with Gasteiger partial charge in [-0.2, -0.15) is 0 Å². The van der Waals surface area contributed by atoms with Crippen LogP contribution >= 0.6 is 0 Å². The fraction of sp³-hybridized carbons (Fsp3) is 0.0294. The second-order valence-corrected chi connectivity index (χ2v) is 18.6. The van der Waals surface area contributed by atoms with Crippen LogP contribution in [-0.4, -0.2) is 20.7 Å². The van der Waals surface area contributed by atoms with Gasteiger partial charge in [-0.25, -0.2) is 0 Å². The average Bonchev–Trinajstić information content (AvgIpc) is 3.98. The topological polar surface area (TPSA) is 44.0 Å². The van der Waals surface area contributed by atoms with Crippen LogP contribution in [-0.2, 0) is 6.42 Å². The maximum Gasteiger partial charge on any atom is 0.193 e. The molecule has 1 aliphatic carbocycles. The number of ketones is 2. The molecule has 10 aromatic carbocycles. The van der Waals surface area contributed by atoms with E-state index in [9.17, 15) is 9.59 Å². The smallest absolute Gasteiger partial charge is 0.193 e. The van der Waals surface area contributed by atoms with E-state index in [0.29, 0.717) is 22.3 Å². The Hall–Kier alpha value is -9.38. The van der Waals surface area contributed by atoms with Crippen LogP contribution in [0.5, 0.6) is 0 Å². The van der Waals surface area contributed by atoms with Gasteiger partial charge >= 0.3 is 0 Å². The summed E-state index contributed by atoms with van der Waals surface area (Å²) in [5, 5.41) is 3.72. The molecule has 0 spiro atoms. The third-order valence-electron chi connectivity index (χ3n) is 14.4. The summed E-state index contributed by atoms with van der Waals surface area (Å²) >= 11 is 0. The SMILES string of the molecule is O=C(c1ccccc1)c1cccc(-c2cc(-c3ccc(-n4c5ccccc5c5ccccc54)cc3)c(-c3cccc(C(=O)c4ccccc4)c3)cc2-c2ccc(-n3c4c(c5ccccc53)CCC=C4)cc2)c1. The third-order valence-corrected chi connectivity index (χ3v) is 14.4. The quantitative estimate of drug-likeness (QED) is 0.128. The van der Waals surface area contributed by atoms with Crippen LogP contribution in [0, 0.1) is 0 Å². The van der Waals surface area contributed by atoms with Crippen molar-refractivity contribution in [2.75, 3.05) is 0 Å². The van der Waals surface area contributed by atoms with Gasteiger partial charge in [-0.1, -0.05) is 182 Å². The summed E-state index contributed by atoms with van der Waals surface area (Å²) < 4.78 is 4.72. The molecule has 2 heterocycles. The van der Waals surface area contributed by atoms with E-state index in [0.717, 1.165) is 79.8 Å². The molecule has 2 aromatic heterocycles. The van der Waals surface area contributed by atoms with E-state index in [2.05, 4.69) is 167 Å². The predicted octanol–water partition coefficient (Wildman–Crippen LogP) is 16.8. The van der Waals surface area contributed by atoms with Crippen molar-refractivity contribution in [1.29, 1.82) is 0 Å². The van der Waals surface area contributed by atoms with Gasteiger partial charge in [0.15, 0.2) is 11.6 Å². The van der Waals surface area contributed by atoms with E-state index in [-0.39, 0.29) is 11.6 Å². The predicted molar refractivity (Wildman–Crippen MR) is 296 cm³/mol. The first kappa shape index (κ1) is 42.7. The lowest BCUT2D eigenvalue weighted by atomic mass is 9.84. The lowest BCUT2D eigenvalue weighted by Crippen LogP contribution is -2.02. The molecule has 4 heteroatoms. The molecule has 4 nitrogen and oxygen atoms in total. The molecule has 0 amide bonds. The van der Waals surface area contributed by atoms with E-state index in [4.69, 9.17) is 0 Å². The number of hydrogen-bond donors (Lipinski definition) is 0. The van der Waals surface area contributed by atoms with Gasteiger partial charge < -0.3 is 9.13 Å². The van der Waals surface area contributed by atoms with Crippen molar-refractivity contribution >= 4 is 50.4 Å². The van der Waals surface area contributed by atoms with Crippen LogP contribution in [0.4, 0.5) is 0 Å². The van der Waals surface area contributed by atoms with E-state index in [1.54, 1.807) is 0 Å². The highest BCUT2D eigenvalue weighted by molar-refractivity contribution is 6.12. The Morgan fingerprint density at radius 2 is 0.736 bits per heavy atom. The van der Waals surface area contributed by atoms with Gasteiger partial charge in [-0.15, -0.1) is 0 Å². The van der Waals surface area contributed by atoms with Gasteiger partial charge in [0.2, 0.25) is 0 Å². The number of carbonyl (C=O) groups is 2. The number of allylic oxidation sites excluding steroid dienone is 1. The van der Waals surface area contributed by atoms with Crippen molar-refractivity contribution in [3.8, 4) is 55.9 Å². The average molecular weight is 923 g/mol. The normalized spacial score (nSPS) is 12.1. The van der Waals surface area contributed by atoms with Crippen LogP contribution in [0.15, 0.2) is 249 Å². The molecular formula is C68H46N2O2. The number of rotatable bonds is 10. The fourth-order valence-electron chi connectivity index (χ4n) is 11.0. The number of aromatic nitrogens is 2. The van der Waals surface area contributed by atoms with Gasteiger partial charge in [0.05, 0.1) is 16.6 Å². The van der Waals surface area contributed by atoms with E-state index in [1.807, 2.05) is 97.1 Å². The molecule has 12 aromatic rings. The zero-order valence-corrected chi connectivity index (χ0v) is 39.4. The van der Waals surface area contributed by atoms with Crippen LogP contribution in [0.3, 0.4) is 0 Å². The summed E-state index contributed by atoms with van der Waals surface area (Å²) in [6.07, 6.45) is 6.60. The summed E-state index contributed by atoms with van der Waals surface area (Å²) in [7, 11) is 0. The van der Waals surface area contributed by atoms with E-state index in [1.165, 1.54) is 32.9 Å². The zero-order valence-electron chi connectivity index (χ0n) is 39.4. The van der Waals surface area contributed by atoms with Crippen molar-refractivity contribution < 1.29 is 9.59 Å². The Labute approximate surface area is 418 Å². The monoisotopic (exact) mass is 922 g/mol. The number of carbonyl (C=O) groups excluding carboxylic acids is 2. The van der Waals surface area contributed by atoms with Gasteiger partial charge in [0, 0.05) is 55.5 Å². The highest BCUT2D eigenvalue weighted by Gasteiger charge is 2.22. The second kappa shape index (κ2) is 17.9. The highest BCUT2D eigenvalue weighted by atomic mass is 16.1. The largest absolute Gasteiger partial charge is 0.310 e. The molecule has 0 bridgehead atoms. The fourth-order valence-corrected chi connectivity index (χ4v) is 11.0. The molecule has 0 radical (unpaired) electrons. The Balaban J connectivity index is 1.02. The summed E-state index contributed by atoms with van der Waals surface area (Å²) in [5.74, 6) is -0.0616. The van der Waals surface area contributed by atoms with Gasteiger partial charge in [-0.05, 0) is 136 Å². The zero-order chi connectivity index (χ0) is 48.1. The second-order valence-electron chi connectivity index (χ2n) is 18.6. The minimum atomic E-state index is -0.0311. The molecule has 0 unspecified atom stereocenters. The number of nitrogens with zero attached hydrogens (tertiary/aromatic N) is 2. The highest BCUT2D eigenvalue weighted by Crippen LogP contribution is 2.44. The summed E-state index contributed by atoms with van der Waals surface area (Å²) in [4.78, 5) is 28.2. The Bertz CT molecular complexity index is 4050. The molecule has 0 saturated carbocycles. The summed E-state index contributed by atoms with van der Waals surface area (Å²) in [6, 6.07) is 83.2. The van der Waals surface area contributed by atoms with E-state index < -0.39 is 0 Å². The number of benzene rings is 10. The minimum absolute atomic E-state index is 0.0305. The first-order valence-corrected chi connectivity index (χ1v) is 24.6. The van der Waals surface area contributed by atoms with Gasteiger partial charge in [0.1, 0.15) is 0 Å². The molecule has 0 aliphatic heterocycles. The Morgan fingerprint density at radius 3 is 1.24 bits per heavy atom. The maximum absolute atomic E-state index is 14.1. The molecule has 0 fully saturated rings. The third kappa shape index (κ3) is 7.40. The molecule has 72 heavy (non-hydrogen) atoms. The molecular weight excluding hydrogens is 877 g/mol. The Kier molecular flexibility index (Phi) is 10.6. The number of para-hydroxylation sites is 3. The number of aryl methyl sites for hydroxylation is 1. The lowest BCUT2D eigenvalue weighted by molar-refractivity contribution is 0.103. The van der Waals surface area contributed by atoms with Crippen LogP contribution in [0.25, 0.3) is 94.7 Å². The molecule has 0 atom stereocenters. The molecule has 13 rings (SSSR count). The van der Waals surface area contributed by atoms with Crippen molar-refractivity contribution in [3.63, 3.8) is 0 Å². The van der Waals surface area contributed by atoms with Crippen LogP contribution < -0.4 is 0 Å².